The molecule has 1 unspecified atom stereocenters. The molecule has 0 aliphatic heterocycles. The van der Waals surface area contributed by atoms with Gasteiger partial charge in [0.25, 0.3) is 0 Å². The molecule has 3 rings (SSSR count). The van der Waals surface area contributed by atoms with E-state index >= 15 is 0 Å². The Bertz CT molecular complexity index is 1110. The van der Waals surface area contributed by atoms with Crippen LogP contribution in [0.4, 0.5) is 0 Å². The van der Waals surface area contributed by atoms with E-state index in [1.807, 2.05) is 81.4 Å². The standard InChI is InChI=1S/C25H29NO4S/c1-17-14-18(2)25(19(3)15-17)31(27,28)26-24(21-8-12-23(30-5)13-9-21)16-20-6-10-22(29-4)11-7-20/h6-15,24,26H,16H2,1-5H3. The van der Waals surface area contributed by atoms with Gasteiger partial charge in [0.2, 0.25) is 10.0 Å². The molecule has 1 atom stereocenters. The van der Waals surface area contributed by atoms with E-state index < -0.39 is 16.1 Å². The highest BCUT2D eigenvalue weighted by atomic mass is 32.2. The Morgan fingerprint density at radius 1 is 0.806 bits per heavy atom. The average Bonchev–Trinajstić information content (AvgIpc) is 2.72. The number of rotatable bonds is 8. The fourth-order valence-corrected chi connectivity index (χ4v) is 5.58. The fourth-order valence-electron chi connectivity index (χ4n) is 3.90. The van der Waals surface area contributed by atoms with E-state index in [1.165, 1.54) is 0 Å². The molecule has 0 amide bonds. The molecule has 0 heterocycles. The first-order valence-electron chi connectivity index (χ1n) is 10.1. The predicted molar refractivity (Wildman–Crippen MR) is 123 cm³/mol. The van der Waals surface area contributed by atoms with Crippen LogP contribution < -0.4 is 14.2 Å². The van der Waals surface area contributed by atoms with Crippen LogP contribution in [0.3, 0.4) is 0 Å². The molecule has 164 valence electrons. The molecule has 0 spiro atoms. The van der Waals surface area contributed by atoms with Crippen LogP contribution in [-0.4, -0.2) is 22.6 Å². The molecule has 0 fully saturated rings. The van der Waals surface area contributed by atoms with Crippen LogP contribution in [-0.2, 0) is 16.4 Å². The summed E-state index contributed by atoms with van der Waals surface area (Å²) in [6, 6.07) is 18.5. The average molecular weight is 440 g/mol. The molecule has 0 saturated carbocycles. The van der Waals surface area contributed by atoms with Crippen molar-refractivity contribution in [2.75, 3.05) is 14.2 Å². The van der Waals surface area contributed by atoms with Crippen LogP contribution in [0, 0.1) is 20.8 Å². The van der Waals surface area contributed by atoms with Crippen molar-refractivity contribution in [3.05, 3.63) is 88.5 Å². The van der Waals surface area contributed by atoms with Gasteiger partial charge >= 0.3 is 0 Å². The maximum Gasteiger partial charge on any atom is 0.241 e. The van der Waals surface area contributed by atoms with Gasteiger partial charge in [-0.05, 0) is 73.7 Å². The zero-order valence-electron chi connectivity index (χ0n) is 18.6. The molecule has 0 aliphatic rings. The first-order valence-corrected chi connectivity index (χ1v) is 11.6. The van der Waals surface area contributed by atoms with E-state index in [4.69, 9.17) is 9.47 Å². The SMILES string of the molecule is COc1ccc(CC(NS(=O)(=O)c2c(C)cc(C)cc2C)c2ccc(OC)cc2)cc1. The highest BCUT2D eigenvalue weighted by Gasteiger charge is 2.25. The lowest BCUT2D eigenvalue weighted by molar-refractivity contribution is 0.414. The van der Waals surface area contributed by atoms with E-state index in [9.17, 15) is 8.42 Å². The summed E-state index contributed by atoms with van der Waals surface area (Å²) >= 11 is 0. The zero-order chi connectivity index (χ0) is 22.6. The van der Waals surface area contributed by atoms with E-state index in [2.05, 4.69) is 4.72 Å². The summed E-state index contributed by atoms with van der Waals surface area (Å²) in [5.74, 6) is 1.48. The maximum absolute atomic E-state index is 13.4. The largest absolute Gasteiger partial charge is 0.497 e. The number of hydrogen-bond donors (Lipinski definition) is 1. The zero-order valence-corrected chi connectivity index (χ0v) is 19.4. The van der Waals surface area contributed by atoms with Crippen LogP contribution >= 0.6 is 0 Å². The Hall–Kier alpha value is -2.83. The van der Waals surface area contributed by atoms with Crippen molar-refractivity contribution in [2.24, 2.45) is 0 Å². The Balaban J connectivity index is 1.98. The van der Waals surface area contributed by atoms with E-state index in [1.54, 1.807) is 14.2 Å². The number of sulfonamides is 1. The number of benzene rings is 3. The summed E-state index contributed by atoms with van der Waals surface area (Å²) < 4.78 is 40.3. The van der Waals surface area contributed by atoms with Crippen molar-refractivity contribution in [3.63, 3.8) is 0 Å². The molecule has 5 nitrogen and oxygen atoms in total. The van der Waals surface area contributed by atoms with Gasteiger partial charge in [-0.25, -0.2) is 13.1 Å². The second kappa shape index (κ2) is 9.54. The highest BCUT2D eigenvalue weighted by molar-refractivity contribution is 7.89. The van der Waals surface area contributed by atoms with Crippen LogP contribution in [0.2, 0.25) is 0 Å². The summed E-state index contributed by atoms with van der Waals surface area (Å²) in [7, 11) is -0.513. The monoisotopic (exact) mass is 439 g/mol. The number of aryl methyl sites for hydroxylation is 3. The summed E-state index contributed by atoms with van der Waals surface area (Å²) in [5, 5.41) is 0. The van der Waals surface area contributed by atoms with Gasteiger partial charge in [-0.3, -0.25) is 0 Å². The molecule has 6 heteroatoms. The van der Waals surface area contributed by atoms with Crippen molar-refractivity contribution in [1.82, 2.24) is 4.72 Å². The lowest BCUT2D eigenvalue weighted by Crippen LogP contribution is -2.31. The van der Waals surface area contributed by atoms with Crippen molar-refractivity contribution >= 4 is 10.0 Å². The molecular weight excluding hydrogens is 410 g/mol. The third kappa shape index (κ3) is 5.46. The Kier molecular flexibility index (Phi) is 7.03. The molecule has 1 N–H and O–H groups in total. The summed E-state index contributed by atoms with van der Waals surface area (Å²) in [5.41, 5.74) is 4.38. The van der Waals surface area contributed by atoms with E-state index in [-0.39, 0.29) is 0 Å². The molecule has 3 aromatic rings. The Morgan fingerprint density at radius 2 is 1.29 bits per heavy atom. The smallest absolute Gasteiger partial charge is 0.241 e. The maximum atomic E-state index is 13.4. The quantitative estimate of drug-likeness (QED) is 0.543. The lowest BCUT2D eigenvalue weighted by atomic mass is 9.99. The molecule has 0 saturated heterocycles. The second-order valence-corrected chi connectivity index (χ2v) is 9.38. The Morgan fingerprint density at radius 3 is 1.77 bits per heavy atom. The van der Waals surface area contributed by atoms with Gasteiger partial charge in [0.1, 0.15) is 11.5 Å². The normalized spacial score (nSPS) is 12.4. The molecule has 31 heavy (non-hydrogen) atoms. The number of methoxy groups -OCH3 is 2. The third-order valence-corrected chi connectivity index (χ3v) is 7.06. The number of nitrogens with one attached hydrogen (secondary N) is 1. The van der Waals surface area contributed by atoms with Gasteiger partial charge in [-0.1, -0.05) is 42.0 Å². The molecular formula is C25H29NO4S. The van der Waals surface area contributed by atoms with Gasteiger partial charge < -0.3 is 9.47 Å². The predicted octanol–water partition coefficient (Wildman–Crippen LogP) is 4.89. The molecule has 3 aromatic carbocycles. The van der Waals surface area contributed by atoms with Crippen molar-refractivity contribution < 1.29 is 17.9 Å². The summed E-state index contributed by atoms with van der Waals surface area (Å²) in [6.07, 6.45) is 0.500. The van der Waals surface area contributed by atoms with Crippen molar-refractivity contribution in [2.45, 2.75) is 38.1 Å². The van der Waals surface area contributed by atoms with E-state index in [0.29, 0.717) is 11.3 Å². The van der Waals surface area contributed by atoms with Gasteiger partial charge in [-0.15, -0.1) is 0 Å². The van der Waals surface area contributed by atoms with E-state index in [0.717, 1.165) is 39.3 Å². The lowest BCUT2D eigenvalue weighted by Gasteiger charge is -2.22. The number of ether oxygens (including phenoxy) is 2. The minimum atomic E-state index is -3.74. The Labute approximate surface area is 185 Å². The van der Waals surface area contributed by atoms with Gasteiger partial charge in [-0.2, -0.15) is 0 Å². The topological polar surface area (TPSA) is 64.6 Å². The fraction of sp³-hybridized carbons (Fsp3) is 0.280. The highest BCUT2D eigenvalue weighted by Crippen LogP contribution is 2.27. The molecule has 0 radical (unpaired) electrons. The van der Waals surface area contributed by atoms with Crippen LogP contribution in [0.25, 0.3) is 0 Å². The molecule has 0 aromatic heterocycles. The summed E-state index contributed by atoms with van der Waals surface area (Å²) in [6.45, 7) is 5.63. The molecule has 0 bridgehead atoms. The molecule has 0 aliphatic carbocycles. The third-order valence-electron chi connectivity index (χ3n) is 5.29. The van der Waals surface area contributed by atoms with Gasteiger partial charge in [0.05, 0.1) is 25.2 Å². The first-order chi connectivity index (χ1) is 14.7. The van der Waals surface area contributed by atoms with Crippen molar-refractivity contribution in [1.29, 1.82) is 0 Å². The van der Waals surface area contributed by atoms with Gasteiger partial charge in [0, 0.05) is 0 Å². The summed E-state index contributed by atoms with van der Waals surface area (Å²) in [4.78, 5) is 0.339. The van der Waals surface area contributed by atoms with Crippen LogP contribution in [0.5, 0.6) is 11.5 Å². The second-order valence-electron chi connectivity index (χ2n) is 7.73. The minimum absolute atomic E-state index is 0.339. The van der Waals surface area contributed by atoms with Crippen molar-refractivity contribution in [3.8, 4) is 11.5 Å². The van der Waals surface area contributed by atoms with Crippen LogP contribution in [0.1, 0.15) is 33.9 Å². The first kappa shape index (κ1) is 22.8. The number of hydrogen-bond acceptors (Lipinski definition) is 4. The minimum Gasteiger partial charge on any atom is -0.497 e. The van der Waals surface area contributed by atoms with Crippen LogP contribution in [0.15, 0.2) is 65.6 Å². The van der Waals surface area contributed by atoms with Gasteiger partial charge in [0.15, 0.2) is 0 Å².